The highest BCUT2D eigenvalue weighted by Crippen LogP contribution is 2.31. The Labute approximate surface area is 87.7 Å². The maximum absolute atomic E-state index is 10.4. The number of rotatable bonds is 3. The lowest BCUT2D eigenvalue weighted by atomic mass is 9.80. The highest BCUT2D eigenvalue weighted by atomic mass is 16.1. The molecule has 0 spiro atoms. The SMILES string of the molecule is CC(C)(C)C1CCCCN1CCC=O. The maximum atomic E-state index is 10.4. The van der Waals surface area contributed by atoms with E-state index in [1.807, 2.05) is 0 Å². The van der Waals surface area contributed by atoms with Gasteiger partial charge >= 0.3 is 0 Å². The number of likely N-dealkylation sites (tertiary alicyclic amines) is 1. The highest BCUT2D eigenvalue weighted by molar-refractivity contribution is 5.49. The summed E-state index contributed by atoms with van der Waals surface area (Å²) in [6.45, 7) is 9.03. The van der Waals surface area contributed by atoms with E-state index >= 15 is 0 Å². The molecule has 0 radical (unpaired) electrons. The van der Waals surface area contributed by atoms with Crippen molar-refractivity contribution in [2.75, 3.05) is 13.1 Å². The largest absolute Gasteiger partial charge is 0.303 e. The van der Waals surface area contributed by atoms with Gasteiger partial charge in [-0.15, -0.1) is 0 Å². The minimum absolute atomic E-state index is 0.351. The molecule has 1 unspecified atom stereocenters. The van der Waals surface area contributed by atoms with E-state index in [0.29, 0.717) is 17.9 Å². The van der Waals surface area contributed by atoms with Crippen LogP contribution in [0.3, 0.4) is 0 Å². The van der Waals surface area contributed by atoms with Crippen molar-refractivity contribution < 1.29 is 4.79 Å². The Morgan fingerprint density at radius 2 is 2.07 bits per heavy atom. The quantitative estimate of drug-likeness (QED) is 0.648. The molecule has 2 nitrogen and oxygen atoms in total. The first kappa shape index (κ1) is 11.7. The number of aldehydes is 1. The van der Waals surface area contributed by atoms with Gasteiger partial charge in [0.2, 0.25) is 0 Å². The molecule has 0 saturated carbocycles. The smallest absolute Gasteiger partial charge is 0.121 e. The summed E-state index contributed by atoms with van der Waals surface area (Å²) in [5.41, 5.74) is 0.351. The zero-order valence-corrected chi connectivity index (χ0v) is 9.75. The minimum atomic E-state index is 0.351. The van der Waals surface area contributed by atoms with Crippen LogP contribution in [0.1, 0.15) is 46.5 Å². The molecule has 0 aliphatic carbocycles. The van der Waals surface area contributed by atoms with Gasteiger partial charge < -0.3 is 4.79 Å². The van der Waals surface area contributed by atoms with E-state index in [1.54, 1.807) is 0 Å². The molecule has 2 heteroatoms. The number of nitrogens with zero attached hydrogens (tertiary/aromatic N) is 1. The van der Waals surface area contributed by atoms with Crippen LogP contribution in [-0.4, -0.2) is 30.3 Å². The minimum Gasteiger partial charge on any atom is -0.303 e. The average Bonchev–Trinajstić information content (AvgIpc) is 2.14. The summed E-state index contributed by atoms with van der Waals surface area (Å²) in [6, 6.07) is 0.663. The standard InChI is InChI=1S/C12H23NO/c1-12(2,3)11-7-4-5-8-13(11)9-6-10-14/h10-11H,4-9H2,1-3H3. The van der Waals surface area contributed by atoms with E-state index in [2.05, 4.69) is 25.7 Å². The van der Waals surface area contributed by atoms with Crippen LogP contribution >= 0.6 is 0 Å². The van der Waals surface area contributed by atoms with Crippen molar-refractivity contribution in [3.63, 3.8) is 0 Å². The summed E-state index contributed by atoms with van der Waals surface area (Å²) in [4.78, 5) is 12.9. The fraction of sp³-hybridized carbons (Fsp3) is 0.917. The zero-order chi connectivity index (χ0) is 10.6. The van der Waals surface area contributed by atoms with Gasteiger partial charge in [0.1, 0.15) is 6.29 Å². The first-order valence-electron chi connectivity index (χ1n) is 5.73. The van der Waals surface area contributed by atoms with Crippen LogP contribution in [0, 0.1) is 5.41 Å². The second-order valence-corrected chi connectivity index (χ2v) is 5.37. The van der Waals surface area contributed by atoms with Gasteiger partial charge in [-0.1, -0.05) is 27.2 Å². The van der Waals surface area contributed by atoms with Crippen molar-refractivity contribution in [1.29, 1.82) is 0 Å². The van der Waals surface area contributed by atoms with Crippen molar-refractivity contribution in [1.82, 2.24) is 4.90 Å². The lowest BCUT2D eigenvalue weighted by Gasteiger charge is -2.43. The molecule has 0 N–H and O–H groups in total. The second kappa shape index (κ2) is 4.92. The van der Waals surface area contributed by atoms with Crippen molar-refractivity contribution >= 4 is 6.29 Å². The Hall–Kier alpha value is -0.370. The molecule has 1 rings (SSSR count). The normalized spacial score (nSPS) is 24.9. The van der Waals surface area contributed by atoms with Gasteiger partial charge in [-0.3, -0.25) is 4.90 Å². The van der Waals surface area contributed by atoms with Gasteiger partial charge in [-0.05, 0) is 24.8 Å². The molecule has 1 fully saturated rings. The van der Waals surface area contributed by atoms with Gasteiger partial charge in [0.15, 0.2) is 0 Å². The molecule has 1 atom stereocenters. The Kier molecular flexibility index (Phi) is 4.11. The van der Waals surface area contributed by atoms with Crippen LogP contribution in [0.4, 0.5) is 0 Å². The molecule has 1 aliphatic heterocycles. The molecule has 0 aromatic carbocycles. The molecular weight excluding hydrogens is 174 g/mol. The third kappa shape index (κ3) is 3.09. The van der Waals surface area contributed by atoms with Crippen LogP contribution in [0.15, 0.2) is 0 Å². The molecule has 0 aromatic rings. The van der Waals surface area contributed by atoms with Gasteiger partial charge in [-0.2, -0.15) is 0 Å². The van der Waals surface area contributed by atoms with E-state index in [1.165, 1.54) is 25.8 Å². The van der Waals surface area contributed by atoms with E-state index in [-0.39, 0.29) is 0 Å². The third-order valence-electron chi connectivity index (χ3n) is 3.15. The molecule has 14 heavy (non-hydrogen) atoms. The maximum Gasteiger partial charge on any atom is 0.121 e. The number of carbonyl (C=O) groups is 1. The van der Waals surface area contributed by atoms with Gasteiger partial charge in [0, 0.05) is 19.0 Å². The molecule has 1 aliphatic rings. The Bertz CT molecular complexity index is 183. The van der Waals surface area contributed by atoms with Gasteiger partial charge in [0.05, 0.1) is 0 Å². The first-order valence-corrected chi connectivity index (χ1v) is 5.73. The van der Waals surface area contributed by atoms with Crippen LogP contribution in [-0.2, 0) is 4.79 Å². The van der Waals surface area contributed by atoms with Crippen molar-refractivity contribution in [3.05, 3.63) is 0 Å². The first-order chi connectivity index (χ1) is 6.55. The van der Waals surface area contributed by atoms with Crippen LogP contribution in [0.5, 0.6) is 0 Å². The Morgan fingerprint density at radius 3 is 2.64 bits per heavy atom. The molecule has 0 bridgehead atoms. The van der Waals surface area contributed by atoms with Gasteiger partial charge in [-0.25, -0.2) is 0 Å². The van der Waals surface area contributed by atoms with E-state index in [9.17, 15) is 4.79 Å². The molecule has 0 amide bonds. The summed E-state index contributed by atoms with van der Waals surface area (Å²) in [5.74, 6) is 0. The fourth-order valence-electron chi connectivity index (χ4n) is 2.46. The molecular formula is C12H23NO. The molecule has 1 saturated heterocycles. The predicted octanol–water partition coefficient (Wildman–Crippen LogP) is 2.48. The van der Waals surface area contributed by atoms with Crippen LogP contribution in [0.25, 0.3) is 0 Å². The summed E-state index contributed by atoms with van der Waals surface area (Å²) in [6.07, 6.45) is 5.66. The number of carbonyl (C=O) groups excluding carboxylic acids is 1. The number of hydrogen-bond donors (Lipinski definition) is 0. The number of piperidine rings is 1. The van der Waals surface area contributed by atoms with Crippen LogP contribution < -0.4 is 0 Å². The average molecular weight is 197 g/mol. The highest BCUT2D eigenvalue weighted by Gasteiger charge is 2.31. The summed E-state index contributed by atoms with van der Waals surface area (Å²) < 4.78 is 0. The number of hydrogen-bond acceptors (Lipinski definition) is 2. The Balaban J connectivity index is 2.54. The monoisotopic (exact) mass is 197 g/mol. The van der Waals surface area contributed by atoms with E-state index < -0.39 is 0 Å². The summed E-state index contributed by atoms with van der Waals surface area (Å²) >= 11 is 0. The fourth-order valence-corrected chi connectivity index (χ4v) is 2.46. The van der Waals surface area contributed by atoms with Crippen LogP contribution in [0.2, 0.25) is 0 Å². The summed E-state index contributed by atoms with van der Waals surface area (Å²) in [7, 11) is 0. The van der Waals surface area contributed by atoms with Crippen molar-refractivity contribution in [2.45, 2.75) is 52.5 Å². The topological polar surface area (TPSA) is 20.3 Å². The molecule has 82 valence electrons. The lowest BCUT2D eigenvalue weighted by Crippen LogP contribution is -2.47. The third-order valence-corrected chi connectivity index (χ3v) is 3.15. The van der Waals surface area contributed by atoms with Crippen molar-refractivity contribution in [3.8, 4) is 0 Å². The van der Waals surface area contributed by atoms with Gasteiger partial charge in [0.25, 0.3) is 0 Å². The summed E-state index contributed by atoms with van der Waals surface area (Å²) in [5, 5.41) is 0. The van der Waals surface area contributed by atoms with E-state index in [4.69, 9.17) is 0 Å². The van der Waals surface area contributed by atoms with E-state index in [0.717, 1.165) is 12.8 Å². The second-order valence-electron chi connectivity index (χ2n) is 5.37. The molecule has 1 heterocycles. The zero-order valence-electron chi connectivity index (χ0n) is 9.75. The lowest BCUT2D eigenvalue weighted by molar-refractivity contribution is -0.108. The Morgan fingerprint density at radius 1 is 1.36 bits per heavy atom. The molecule has 0 aromatic heterocycles. The van der Waals surface area contributed by atoms with Crippen molar-refractivity contribution in [2.24, 2.45) is 5.41 Å². The predicted molar refractivity (Wildman–Crippen MR) is 59.3 cm³/mol.